The van der Waals surface area contributed by atoms with E-state index in [2.05, 4.69) is 10.6 Å². The predicted octanol–water partition coefficient (Wildman–Crippen LogP) is 0.169. The molecule has 2 rings (SSSR count). The van der Waals surface area contributed by atoms with E-state index in [4.69, 9.17) is 4.74 Å². The van der Waals surface area contributed by atoms with Gasteiger partial charge in [0.25, 0.3) is 0 Å². The molecule has 5 heteroatoms. The highest BCUT2D eigenvalue weighted by Crippen LogP contribution is 2.16. The number of likely N-dealkylation sites (tertiary alicyclic amines) is 1. The summed E-state index contributed by atoms with van der Waals surface area (Å²) < 4.78 is 5.89. The molecule has 0 aromatic carbocycles. The molecule has 0 aromatic rings. The quantitative estimate of drug-likeness (QED) is 0.722. The molecule has 2 fully saturated rings. The second kappa shape index (κ2) is 5.50. The van der Waals surface area contributed by atoms with Gasteiger partial charge in [-0.1, -0.05) is 0 Å². The number of hydrogen-bond acceptors (Lipinski definition) is 3. The van der Waals surface area contributed by atoms with Gasteiger partial charge in [0.1, 0.15) is 0 Å². The molecule has 0 spiro atoms. The van der Waals surface area contributed by atoms with Gasteiger partial charge in [-0.25, -0.2) is 4.79 Å². The van der Waals surface area contributed by atoms with E-state index in [9.17, 15) is 4.79 Å². The number of carbonyl (C=O) groups excluding carboxylic acids is 1. The Morgan fingerprint density at radius 2 is 2.06 bits per heavy atom. The number of piperidine rings is 1. The van der Waals surface area contributed by atoms with E-state index in [-0.39, 0.29) is 6.03 Å². The lowest BCUT2D eigenvalue weighted by Gasteiger charge is -2.36. The molecule has 2 aliphatic heterocycles. The van der Waals surface area contributed by atoms with Crippen molar-refractivity contribution in [3.8, 4) is 0 Å². The number of nitrogens with one attached hydrogen (secondary N) is 2. The van der Waals surface area contributed by atoms with Crippen molar-refractivity contribution in [1.29, 1.82) is 0 Å². The van der Waals surface area contributed by atoms with Gasteiger partial charge >= 0.3 is 6.03 Å². The zero-order valence-electron chi connectivity index (χ0n) is 9.87. The molecule has 2 N–H and O–H groups in total. The van der Waals surface area contributed by atoms with Gasteiger partial charge in [0, 0.05) is 32.7 Å². The fraction of sp³-hybridized carbons (Fsp3) is 0.909. The number of urea groups is 1. The van der Waals surface area contributed by atoms with Gasteiger partial charge in [-0.3, -0.25) is 0 Å². The predicted molar refractivity (Wildman–Crippen MR) is 61.4 cm³/mol. The third-order valence-corrected chi connectivity index (χ3v) is 3.19. The molecule has 2 heterocycles. The van der Waals surface area contributed by atoms with E-state index in [1.165, 1.54) is 0 Å². The van der Waals surface area contributed by atoms with Crippen molar-refractivity contribution in [2.45, 2.75) is 32.0 Å². The van der Waals surface area contributed by atoms with E-state index < -0.39 is 0 Å². The zero-order valence-corrected chi connectivity index (χ0v) is 9.87. The molecule has 0 radical (unpaired) electrons. The number of hydrogen-bond donors (Lipinski definition) is 2. The average molecular weight is 227 g/mol. The smallest absolute Gasteiger partial charge is 0.317 e. The van der Waals surface area contributed by atoms with Crippen LogP contribution in [-0.2, 0) is 4.74 Å². The summed E-state index contributed by atoms with van der Waals surface area (Å²) in [7, 11) is 0. The molecule has 2 saturated heterocycles. The Balaban J connectivity index is 1.67. The topological polar surface area (TPSA) is 53.6 Å². The van der Waals surface area contributed by atoms with E-state index in [1.54, 1.807) is 0 Å². The first kappa shape index (κ1) is 11.7. The molecule has 0 aromatic heterocycles. The van der Waals surface area contributed by atoms with Gasteiger partial charge in [0.05, 0.1) is 12.2 Å². The third kappa shape index (κ3) is 2.86. The van der Waals surface area contributed by atoms with Crippen LogP contribution >= 0.6 is 0 Å². The van der Waals surface area contributed by atoms with Gasteiger partial charge < -0.3 is 20.3 Å². The van der Waals surface area contributed by atoms with Crippen LogP contribution in [0.1, 0.15) is 19.8 Å². The van der Waals surface area contributed by atoms with Crippen LogP contribution in [0.4, 0.5) is 4.79 Å². The summed E-state index contributed by atoms with van der Waals surface area (Å²) in [5.41, 5.74) is 0. The minimum Gasteiger partial charge on any atom is -0.372 e. The Bertz CT molecular complexity index is 235. The maximum atomic E-state index is 11.6. The lowest BCUT2D eigenvalue weighted by atomic mass is 10.1. The second-order valence-corrected chi connectivity index (χ2v) is 4.44. The van der Waals surface area contributed by atoms with E-state index in [0.717, 1.165) is 39.0 Å². The molecular weight excluding hydrogens is 206 g/mol. The molecule has 92 valence electrons. The first-order valence-electron chi connectivity index (χ1n) is 6.18. The minimum absolute atomic E-state index is 0.0614. The van der Waals surface area contributed by atoms with Gasteiger partial charge in [-0.15, -0.1) is 0 Å². The molecule has 0 bridgehead atoms. The van der Waals surface area contributed by atoms with Crippen LogP contribution in [0.15, 0.2) is 0 Å². The molecule has 5 nitrogen and oxygen atoms in total. The van der Waals surface area contributed by atoms with Crippen molar-refractivity contribution in [2.75, 3.05) is 32.7 Å². The summed E-state index contributed by atoms with van der Waals surface area (Å²) in [5, 5.41) is 6.02. The highest BCUT2D eigenvalue weighted by atomic mass is 16.5. The molecule has 0 unspecified atom stereocenters. The Morgan fingerprint density at radius 3 is 2.56 bits per heavy atom. The highest BCUT2D eigenvalue weighted by molar-refractivity contribution is 5.74. The average Bonchev–Trinajstić information content (AvgIpc) is 2.25. The van der Waals surface area contributed by atoms with Crippen LogP contribution in [0, 0.1) is 0 Å². The van der Waals surface area contributed by atoms with Crippen LogP contribution in [0.5, 0.6) is 0 Å². The largest absolute Gasteiger partial charge is 0.372 e. The summed E-state index contributed by atoms with van der Waals surface area (Å²) in [6.07, 6.45) is 2.68. The van der Waals surface area contributed by atoms with Crippen LogP contribution in [-0.4, -0.2) is 55.9 Å². The first-order chi connectivity index (χ1) is 7.79. The minimum atomic E-state index is 0.0614. The molecule has 16 heavy (non-hydrogen) atoms. The Hall–Kier alpha value is -0.810. The van der Waals surface area contributed by atoms with E-state index in [0.29, 0.717) is 18.8 Å². The summed E-state index contributed by atoms with van der Waals surface area (Å²) in [6.45, 7) is 6.24. The monoisotopic (exact) mass is 227 g/mol. The lowest BCUT2D eigenvalue weighted by Crippen LogP contribution is -2.52. The van der Waals surface area contributed by atoms with E-state index >= 15 is 0 Å². The lowest BCUT2D eigenvalue weighted by molar-refractivity contribution is -0.0578. The van der Waals surface area contributed by atoms with Crippen molar-refractivity contribution in [1.82, 2.24) is 15.5 Å². The van der Waals surface area contributed by atoms with Crippen molar-refractivity contribution >= 4 is 6.03 Å². The molecule has 0 atom stereocenters. The van der Waals surface area contributed by atoms with Crippen LogP contribution in [0.3, 0.4) is 0 Å². The fourth-order valence-electron chi connectivity index (χ4n) is 2.09. The zero-order chi connectivity index (χ0) is 11.4. The van der Waals surface area contributed by atoms with Gasteiger partial charge in [0.2, 0.25) is 0 Å². The van der Waals surface area contributed by atoms with Crippen molar-refractivity contribution in [3.05, 3.63) is 0 Å². The Morgan fingerprint density at radius 1 is 1.38 bits per heavy atom. The number of ether oxygens (including phenoxy) is 1. The summed E-state index contributed by atoms with van der Waals surface area (Å²) in [6, 6.07) is 0.0614. The van der Waals surface area contributed by atoms with Gasteiger partial charge in [-0.05, 0) is 19.8 Å². The van der Waals surface area contributed by atoms with Crippen molar-refractivity contribution < 1.29 is 9.53 Å². The molecule has 2 aliphatic rings. The van der Waals surface area contributed by atoms with Crippen molar-refractivity contribution in [3.63, 3.8) is 0 Å². The fourth-order valence-corrected chi connectivity index (χ4v) is 2.09. The third-order valence-electron chi connectivity index (χ3n) is 3.19. The summed E-state index contributed by atoms with van der Waals surface area (Å²) in [5.74, 6) is 0. The standard InChI is InChI=1S/C11H21N3O2/c1-2-13-11(15)14-5-3-9(4-6-14)16-10-7-12-8-10/h9-10,12H,2-8H2,1H3,(H,13,15). The molecular formula is C11H21N3O2. The van der Waals surface area contributed by atoms with Crippen LogP contribution in [0.2, 0.25) is 0 Å². The van der Waals surface area contributed by atoms with Crippen LogP contribution < -0.4 is 10.6 Å². The maximum Gasteiger partial charge on any atom is 0.317 e. The normalized spacial score (nSPS) is 22.9. The molecule has 0 aliphatic carbocycles. The summed E-state index contributed by atoms with van der Waals surface area (Å²) in [4.78, 5) is 13.4. The maximum absolute atomic E-state index is 11.6. The van der Waals surface area contributed by atoms with E-state index in [1.807, 2.05) is 11.8 Å². The second-order valence-electron chi connectivity index (χ2n) is 4.44. The van der Waals surface area contributed by atoms with Crippen molar-refractivity contribution in [2.24, 2.45) is 0 Å². The number of amides is 2. The SMILES string of the molecule is CCNC(=O)N1CCC(OC2CNC2)CC1. The Labute approximate surface area is 96.5 Å². The van der Waals surface area contributed by atoms with Gasteiger partial charge in [0.15, 0.2) is 0 Å². The molecule has 0 saturated carbocycles. The highest BCUT2D eigenvalue weighted by Gasteiger charge is 2.27. The van der Waals surface area contributed by atoms with Gasteiger partial charge in [-0.2, -0.15) is 0 Å². The Kier molecular flexibility index (Phi) is 4.01. The number of nitrogens with zero attached hydrogens (tertiary/aromatic N) is 1. The number of carbonyl (C=O) groups is 1. The van der Waals surface area contributed by atoms with Crippen LogP contribution in [0.25, 0.3) is 0 Å². The number of rotatable bonds is 3. The summed E-state index contributed by atoms with van der Waals surface area (Å²) >= 11 is 0. The molecule has 2 amide bonds. The first-order valence-corrected chi connectivity index (χ1v) is 6.18.